The van der Waals surface area contributed by atoms with E-state index in [-0.39, 0.29) is 0 Å². The summed E-state index contributed by atoms with van der Waals surface area (Å²) in [6.07, 6.45) is -103. The van der Waals surface area contributed by atoms with Crippen LogP contribution in [0.25, 0.3) is 0 Å². The molecule has 0 unspecified atom stereocenters. The summed E-state index contributed by atoms with van der Waals surface area (Å²) in [5.41, 5.74) is 0. The molecule has 2 amide bonds. The van der Waals surface area contributed by atoms with Gasteiger partial charge in [0.05, 0.1) is 78.7 Å². The summed E-state index contributed by atoms with van der Waals surface area (Å²) in [5, 5.41) is 346. The van der Waals surface area contributed by atoms with Crippen LogP contribution in [0.1, 0.15) is 13.8 Å². The van der Waals surface area contributed by atoms with Crippen LogP contribution in [0.3, 0.4) is 0 Å². The van der Waals surface area contributed by atoms with Crippen LogP contribution in [-0.4, -0.2) is 543 Å². The van der Waals surface area contributed by atoms with E-state index >= 15 is 0 Å². The third-order valence-electron chi connectivity index (χ3n) is 21.3. The first-order valence-corrected chi connectivity index (χ1v) is 37.1. The molecule has 0 spiro atoms. The summed E-state index contributed by atoms with van der Waals surface area (Å²) in [6, 6.07) is -3.59. The molecule has 0 aliphatic carbocycles. The van der Waals surface area contributed by atoms with Crippen molar-refractivity contribution in [2.75, 3.05) is 72.7 Å². The maximum absolute atomic E-state index is 12.9. The molecule has 9 aliphatic rings. The molecule has 53 heteroatoms. The molecular weight excluding hydrogens is 1610 g/mol. The van der Waals surface area contributed by atoms with Crippen LogP contribution in [0, 0.1) is 0 Å². The zero-order valence-corrected chi connectivity index (χ0v) is 62.1. The van der Waals surface area contributed by atoms with Crippen LogP contribution in [0.15, 0.2) is 0 Å². The molecule has 0 saturated carbocycles. The second-order valence-electron chi connectivity index (χ2n) is 29.3. The largest absolute Gasteiger partial charge is 0.394 e. The van der Waals surface area contributed by atoms with E-state index in [0.29, 0.717) is 0 Å². The van der Waals surface area contributed by atoms with E-state index in [1.54, 1.807) is 0 Å². The topological polar surface area (TPSA) is 851 Å². The zero-order chi connectivity index (χ0) is 86.4. The molecule has 9 saturated heterocycles. The molecule has 0 bridgehead atoms. The van der Waals surface area contributed by atoms with Crippen molar-refractivity contribution in [2.24, 2.45) is 0 Å². The molecule has 9 heterocycles. The van der Waals surface area contributed by atoms with Crippen LogP contribution in [-0.2, 0) is 94.9 Å². The minimum atomic E-state index is -2.58. The van der Waals surface area contributed by atoms with Gasteiger partial charge in [-0.25, -0.2) is 0 Å². The van der Waals surface area contributed by atoms with Crippen molar-refractivity contribution >= 4 is 11.8 Å². The average molecular weight is 1720 g/mol. The average Bonchev–Trinajstić information content (AvgIpc) is 0.673. The molecule has 53 nitrogen and oxygen atoms in total. The molecule has 117 heavy (non-hydrogen) atoms. The number of carbonyl (C=O) groups is 2. The number of aliphatic hydroxyl groups is 31. The van der Waals surface area contributed by atoms with Crippen molar-refractivity contribution in [1.82, 2.24) is 10.6 Å². The van der Waals surface area contributed by atoms with Gasteiger partial charge < -0.3 is 254 Å². The van der Waals surface area contributed by atoms with E-state index in [4.69, 9.17) is 85.3 Å². The molecule has 0 radical (unpaired) electrons. The van der Waals surface area contributed by atoms with Gasteiger partial charge in [0.1, 0.15) is 238 Å². The Kier molecular flexibility index (Phi) is 36.1. The van der Waals surface area contributed by atoms with Gasteiger partial charge in [-0.3, -0.25) is 9.59 Å². The van der Waals surface area contributed by atoms with Crippen LogP contribution in [0.5, 0.6) is 0 Å². The monoisotopic (exact) mass is 1720 g/mol. The van der Waals surface area contributed by atoms with Crippen LogP contribution >= 0.6 is 0 Å². The Morgan fingerprint density at radius 1 is 0.291 bits per heavy atom. The summed E-state index contributed by atoms with van der Waals surface area (Å²) in [6.45, 7) is -10.5. The summed E-state index contributed by atoms with van der Waals surface area (Å²) in [4.78, 5) is 24.9. The number of ether oxygens (including phenoxy) is 18. The van der Waals surface area contributed by atoms with Gasteiger partial charge in [-0.05, 0) is 0 Å². The number of hydrogen-bond acceptors (Lipinski definition) is 51. The van der Waals surface area contributed by atoms with Gasteiger partial charge >= 0.3 is 0 Å². The zero-order valence-electron chi connectivity index (χ0n) is 62.1. The van der Waals surface area contributed by atoms with Crippen LogP contribution in [0.4, 0.5) is 0 Å². The first kappa shape index (κ1) is 97.8. The van der Waals surface area contributed by atoms with E-state index < -0.39 is 385 Å². The highest BCUT2D eigenvalue weighted by Gasteiger charge is 2.62. The number of aliphatic hydroxyl groups excluding tert-OH is 31. The molecular formula is C64H110N2O51. The Hall–Kier alpha value is -3.02. The molecule has 9 rings (SSSR count). The second kappa shape index (κ2) is 43.3. The van der Waals surface area contributed by atoms with E-state index in [1.807, 2.05) is 0 Å². The molecule has 682 valence electrons. The van der Waals surface area contributed by atoms with Gasteiger partial charge in [0.25, 0.3) is 0 Å². The number of nitrogens with one attached hydrogen (secondary N) is 2. The van der Waals surface area contributed by atoms with E-state index in [2.05, 4.69) is 10.6 Å². The molecule has 49 atom stereocenters. The summed E-state index contributed by atoms with van der Waals surface area (Å²) >= 11 is 0. The SMILES string of the molecule is CC(=O)N[C@H]1[C@H](O[C@@H]([C@H](O)[C@H](CO)NC(C)=O)[C@H](O)CO)O[C@H](CO)[C@@H](O[C@@H]2O[C@H](CO[C@H]3O[C@H](CO)[C@@H](O)[C@H](O)[C@@H]3O)[C@@H](O)[C@H](O[C@H]3O[C@H](CO)[C@@H](O)[C@H](O)[C@@H]3O[C@H]3O[C@H](CO)[C@@H](O)[C@H](O)[C@@H]3O[C@H]3O[C@H](CO)[C@@H](O)[C@H](O[C@H]4O[C@H](CO)[C@@H](O)[C@H](O[C@H]5O[C@H](CO)[C@@H](O)[C@H](O)[C@H]5O[C@H]5O[C@H](CO)[C@@H](O)[C@H](O)[C@H]5O)[C@H]4O)[C@@H]3O)[C@@H]2O)[C@@H]1O. The quantitative estimate of drug-likeness (QED) is 0.0284. The Morgan fingerprint density at radius 2 is 0.581 bits per heavy atom. The summed E-state index contributed by atoms with van der Waals surface area (Å²) in [7, 11) is 0. The Labute approximate surface area is 661 Å². The van der Waals surface area contributed by atoms with E-state index in [9.17, 15) is 168 Å². The van der Waals surface area contributed by atoms with Crippen LogP contribution in [0.2, 0.25) is 0 Å². The Bertz CT molecular complexity index is 2990. The number of hydrogen-bond donors (Lipinski definition) is 33. The lowest BCUT2D eigenvalue weighted by atomic mass is 9.94. The van der Waals surface area contributed by atoms with Gasteiger partial charge in [0.2, 0.25) is 11.8 Å². The maximum atomic E-state index is 12.9. The fraction of sp³-hybridized carbons (Fsp3) is 0.969. The summed E-state index contributed by atoms with van der Waals surface area (Å²) < 4.78 is 105. The lowest BCUT2D eigenvalue weighted by Gasteiger charge is -2.51. The predicted molar refractivity (Wildman–Crippen MR) is 355 cm³/mol. The molecule has 33 N–H and O–H groups in total. The number of rotatable bonds is 34. The minimum Gasteiger partial charge on any atom is -0.394 e. The standard InChI is InChI=1S/C64H110N2O51/c1-14(77)65-16(3-67)28(80)48(17(79)4-68)110-56-27(66-15(2)78)37(89)49(25(12-76)108-56)111-61-47(99)52(36(88)26(109-61)13-100-57-43(95)38(90)29(81)18(5-69)101-57)114-63-55(42(94)33(85)21(8-72)106-63)117-64-54(41(93)32(84)22(9-73)107-64)116-60-45(97)50(34(86)23(10-74)104-60)112-59-46(98)51(35(87)24(11-75)103-59)113-62-53(40(92)31(83)20(7-71)105-62)115-58-44(96)39(91)30(82)19(6-70)102-58/h16-64,67-76,79-99H,3-13H2,1-2H3,(H,65,77)(H,66,78)/t16-,17+,18+,19+,20+,21+,22+,23+,24+,25+,26+,27+,28+,29+,30+,31+,32+,33+,34+,35+,36+,37+,38-,39-,40-,41-,42-,43-,44+,45-,46+,47-,48+,49+,50-,51-,52-,53+,54-,55-,56-,57-,58+,59+,60+,61-,62+,63+,64+/m0/s1. The Balaban J connectivity index is 0.999. The molecule has 9 aliphatic heterocycles. The van der Waals surface area contributed by atoms with Gasteiger partial charge in [-0.15, -0.1) is 0 Å². The molecule has 9 fully saturated rings. The third-order valence-corrected chi connectivity index (χ3v) is 21.3. The van der Waals surface area contributed by atoms with E-state index in [0.717, 1.165) is 13.8 Å². The summed E-state index contributed by atoms with van der Waals surface area (Å²) in [5.74, 6) is -1.78. The van der Waals surface area contributed by atoms with Crippen LogP contribution < -0.4 is 10.6 Å². The molecule has 0 aromatic carbocycles. The second-order valence-corrected chi connectivity index (χ2v) is 29.3. The van der Waals surface area contributed by atoms with Gasteiger partial charge in [-0.2, -0.15) is 0 Å². The van der Waals surface area contributed by atoms with E-state index in [1.165, 1.54) is 0 Å². The fourth-order valence-electron chi connectivity index (χ4n) is 14.7. The van der Waals surface area contributed by atoms with Gasteiger partial charge in [-0.1, -0.05) is 0 Å². The third kappa shape index (κ3) is 21.6. The minimum absolute atomic E-state index is 0.808. The van der Waals surface area contributed by atoms with Crippen molar-refractivity contribution in [3.05, 3.63) is 0 Å². The first-order chi connectivity index (χ1) is 55.4. The smallest absolute Gasteiger partial charge is 0.217 e. The van der Waals surface area contributed by atoms with Crippen molar-refractivity contribution in [3.63, 3.8) is 0 Å². The lowest BCUT2D eigenvalue weighted by Crippen LogP contribution is -2.70. The van der Waals surface area contributed by atoms with Crippen molar-refractivity contribution in [1.29, 1.82) is 0 Å². The molecule has 0 aromatic heterocycles. The Morgan fingerprint density at radius 3 is 0.940 bits per heavy atom. The lowest BCUT2D eigenvalue weighted by molar-refractivity contribution is -0.413. The number of carbonyl (C=O) groups excluding carboxylic acids is 2. The van der Waals surface area contributed by atoms with Gasteiger partial charge in [0, 0.05) is 13.8 Å². The maximum Gasteiger partial charge on any atom is 0.217 e. The normalized spacial score (nSPS) is 48.6. The number of amides is 2. The van der Waals surface area contributed by atoms with Crippen molar-refractivity contribution in [2.45, 2.75) is 314 Å². The predicted octanol–water partition coefficient (Wildman–Crippen LogP) is -22.9. The highest BCUT2D eigenvalue weighted by atomic mass is 16.8. The molecule has 0 aromatic rings. The highest BCUT2D eigenvalue weighted by Crippen LogP contribution is 2.41. The fourth-order valence-corrected chi connectivity index (χ4v) is 14.7. The van der Waals surface area contributed by atoms with Crippen molar-refractivity contribution in [3.8, 4) is 0 Å². The highest BCUT2D eigenvalue weighted by molar-refractivity contribution is 5.73. The first-order valence-electron chi connectivity index (χ1n) is 37.1. The van der Waals surface area contributed by atoms with Gasteiger partial charge in [0.15, 0.2) is 56.6 Å². The van der Waals surface area contributed by atoms with Crippen molar-refractivity contribution < 1.29 is 253 Å².